The van der Waals surface area contributed by atoms with Crippen LogP contribution in [0.4, 0.5) is 5.69 Å². The molecule has 1 amide bonds. The second kappa shape index (κ2) is 12.5. The number of rotatable bonds is 8. The highest BCUT2D eigenvalue weighted by Gasteiger charge is 2.13. The normalized spacial score (nSPS) is 11.1. The average Bonchev–Trinajstić information content (AvgIpc) is 2.39. The van der Waals surface area contributed by atoms with Crippen LogP contribution in [0.15, 0.2) is 24.3 Å². The van der Waals surface area contributed by atoms with E-state index < -0.39 is 6.04 Å². The molecule has 0 aliphatic carbocycles. The fraction of sp³-hybridized carbons (Fsp3) is 0.500. The Morgan fingerprint density at radius 1 is 1.36 bits per heavy atom. The number of amides is 1. The number of nitrogens with zero attached hydrogens (tertiary/aromatic N) is 1. The molecule has 1 rings (SSSR count). The molecule has 3 N–H and O–H groups in total. The lowest BCUT2D eigenvalue weighted by Gasteiger charge is -2.13. The fourth-order valence-electron chi connectivity index (χ4n) is 1.50. The van der Waals surface area contributed by atoms with Crippen LogP contribution in [0, 0.1) is 0 Å². The second-order valence-corrected chi connectivity index (χ2v) is 4.73. The van der Waals surface area contributed by atoms with Crippen molar-refractivity contribution < 1.29 is 14.3 Å². The molecule has 0 aliphatic heterocycles. The monoisotopic (exact) mass is 353 g/mol. The van der Waals surface area contributed by atoms with Gasteiger partial charge in [-0.15, -0.1) is 24.8 Å². The van der Waals surface area contributed by atoms with Crippen LogP contribution in [-0.4, -0.2) is 57.8 Å². The van der Waals surface area contributed by atoms with Crippen LogP contribution in [0.1, 0.15) is 0 Å². The van der Waals surface area contributed by atoms with E-state index in [0.717, 1.165) is 6.54 Å². The number of methoxy groups -OCH3 is 1. The van der Waals surface area contributed by atoms with Crippen molar-refractivity contribution in [3.05, 3.63) is 24.3 Å². The number of benzene rings is 1. The Morgan fingerprint density at radius 3 is 2.64 bits per heavy atom. The Labute approximate surface area is 144 Å². The van der Waals surface area contributed by atoms with E-state index in [4.69, 9.17) is 15.2 Å². The third-order valence-electron chi connectivity index (χ3n) is 2.59. The first-order chi connectivity index (χ1) is 9.52. The van der Waals surface area contributed by atoms with E-state index in [9.17, 15) is 4.79 Å². The number of carbonyl (C=O) groups excluding carboxylic acids is 1. The number of nitrogens with one attached hydrogen (secondary N) is 1. The van der Waals surface area contributed by atoms with Gasteiger partial charge in [0.25, 0.3) is 0 Å². The molecular weight excluding hydrogens is 329 g/mol. The number of nitrogens with two attached hydrogens (primary N) is 1. The van der Waals surface area contributed by atoms with Crippen LogP contribution in [0.3, 0.4) is 0 Å². The Kier molecular flexibility index (Phi) is 13.2. The zero-order chi connectivity index (χ0) is 15.0. The van der Waals surface area contributed by atoms with Crippen molar-refractivity contribution in [2.24, 2.45) is 5.73 Å². The summed E-state index contributed by atoms with van der Waals surface area (Å²) < 4.78 is 10.4. The number of likely N-dealkylation sites (N-methyl/N-ethyl adjacent to an activating group) is 1. The largest absolute Gasteiger partial charge is 0.492 e. The Balaban J connectivity index is 0. The summed E-state index contributed by atoms with van der Waals surface area (Å²) in [5, 5.41) is 2.73. The van der Waals surface area contributed by atoms with E-state index in [0.29, 0.717) is 18.0 Å². The number of hydrogen-bond donors (Lipinski definition) is 2. The highest BCUT2D eigenvalue weighted by atomic mass is 35.5. The van der Waals surface area contributed by atoms with Crippen LogP contribution in [0.25, 0.3) is 0 Å². The molecule has 0 aromatic heterocycles. The maximum absolute atomic E-state index is 11.8. The van der Waals surface area contributed by atoms with Gasteiger partial charge < -0.3 is 25.4 Å². The summed E-state index contributed by atoms with van der Waals surface area (Å²) in [4.78, 5) is 13.8. The predicted molar refractivity (Wildman–Crippen MR) is 93.5 cm³/mol. The molecule has 0 radical (unpaired) electrons. The Hall–Kier alpha value is -1.05. The molecule has 1 aromatic rings. The highest BCUT2D eigenvalue weighted by molar-refractivity contribution is 5.94. The van der Waals surface area contributed by atoms with Crippen LogP contribution < -0.4 is 15.8 Å². The summed E-state index contributed by atoms with van der Waals surface area (Å²) in [5.74, 6) is 0.433. The number of halogens is 2. The number of hydrogen-bond acceptors (Lipinski definition) is 5. The predicted octanol–water partition coefficient (Wildman–Crippen LogP) is 1.38. The summed E-state index contributed by atoms with van der Waals surface area (Å²) in [7, 11) is 5.47. The first-order valence-electron chi connectivity index (χ1n) is 6.46. The number of anilines is 1. The van der Waals surface area contributed by atoms with Crippen molar-refractivity contribution in [2.45, 2.75) is 6.04 Å². The van der Waals surface area contributed by atoms with Gasteiger partial charge in [0, 0.05) is 25.4 Å². The lowest BCUT2D eigenvalue weighted by Crippen LogP contribution is -2.39. The lowest BCUT2D eigenvalue weighted by molar-refractivity contribution is -0.118. The average molecular weight is 354 g/mol. The van der Waals surface area contributed by atoms with Crippen LogP contribution in [0.2, 0.25) is 0 Å². The van der Waals surface area contributed by atoms with Gasteiger partial charge in [0.15, 0.2) is 0 Å². The molecule has 0 aliphatic rings. The van der Waals surface area contributed by atoms with Gasteiger partial charge in [-0.05, 0) is 26.2 Å². The zero-order valence-electron chi connectivity index (χ0n) is 13.1. The van der Waals surface area contributed by atoms with Gasteiger partial charge in [-0.3, -0.25) is 4.79 Å². The van der Waals surface area contributed by atoms with E-state index in [1.165, 1.54) is 7.11 Å². The van der Waals surface area contributed by atoms with Gasteiger partial charge in [-0.2, -0.15) is 0 Å². The molecule has 0 fully saturated rings. The fourth-order valence-corrected chi connectivity index (χ4v) is 1.50. The smallest absolute Gasteiger partial charge is 0.243 e. The van der Waals surface area contributed by atoms with Gasteiger partial charge in [-0.1, -0.05) is 6.07 Å². The maximum atomic E-state index is 11.8. The SMILES string of the molecule is COCC(N)C(=O)Nc1cccc(OCCN(C)C)c1.Cl.Cl. The standard InChI is InChI=1S/C14H23N3O3.2ClH/c1-17(2)7-8-20-12-6-4-5-11(9-12)16-14(18)13(15)10-19-3;;/h4-6,9,13H,7-8,10,15H2,1-3H3,(H,16,18);2*1H. The van der Waals surface area contributed by atoms with E-state index in [-0.39, 0.29) is 37.3 Å². The highest BCUT2D eigenvalue weighted by Crippen LogP contribution is 2.17. The van der Waals surface area contributed by atoms with Crippen LogP contribution >= 0.6 is 24.8 Å². The van der Waals surface area contributed by atoms with Gasteiger partial charge in [0.1, 0.15) is 18.4 Å². The van der Waals surface area contributed by atoms with Gasteiger partial charge in [0.2, 0.25) is 5.91 Å². The van der Waals surface area contributed by atoms with E-state index in [2.05, 4.69) is 5.32 Å². The van der Waals surface area contributed by atoms with Gasteiger partial charge in [-0.25, -0.2) is 0 Å². The van der Waals surface area contributed by atoms with Crippen LogP contribution in [0.5, 0.6) is 5.75 Å². The lowest BCUT2D eigenvalue weighted by atomic mass is 10.2. The first kappa shape index (κ1) is 23.2. The van der Waals surface area contributed by atoms with E-state index >= 15 is 0 Å². The molecule has 22 heavy (non-hydrogen) atoms. The molecular formula is C14H25Cl2N3O3. The molecule has 0 heterocycles. The molecule has 0 saturated heterocycles. The van der Waals surface area contributed by atoms with Crippen molar-refractivity contribution in [3.63, 3.8) is 0 Å². The number of carbonyl (C=O) groups is 1. The molecule has 1 aromatic carbocycles. The van der Waals surface area contributed by atoms with Crippen molar-refractivity contribution in [1.82, 2.24) is 4.90 Å². The molecule has 0 saturated carbocycles. The summed E-state index contributed by atoms with van der Waals surface area (Å²) in [6.45, 7) is 1.60. The molecule has 0 bridgehead atoms. The molecule has 8 heteroatoms. The second-order valence-electron chi connectivity index (χ2n) is 4.73. The zero-order valence-corrected chi connectivity index (χ0v) is 14.7. The summed E-state index contributed by atoms with van der Waals surface area (Å²) in [6.07, 6.45) is 0. The molecule has 6 nitrogen and oxygen atoms in total. The number of ether oxygens (including phenoxy) is 2. The third kappa shape index (κ3) is 9.07. The van der Waals surface area contributed by atoms with Gasteiger partial charge >= 0.3 is 0 Å². The first-order valence-corrected chi connectivity index (χ1v) is 6.46. The minimum Gasteiger partial charge on any atom is -0.492 e. The Morgan fingerprint density at radius 2 is 2.05 bits per heavy atom. The molecule has 128 valence electrons. The van der Waals surface area contributed by atoms with Gasteiger partial charge in [0.05, 0.1) is 6.61 Å². The topological polar surface area (TPSA) is 76.8 Å². The summed E-state index contributed by atoms with van der Waals surface area (Å²) in [5.41, 5.74) is 6.31. The maximum Gasteiger partial charge on any atom is 0.243 e. The Bertz CT molecular complexity index is 434. The minimum absolute atomic E-state index is 0. The minimum atomic E-state index is -0.682. The van der Waals surface area contributed by atoms with Crippen molar-refractivity contribution in [2.75, 3.05) is 46.3 Å². The third-order valence-corrected chi connectivity index (χ3v) is 2.59. The van der Waals surface area contributed by atoms with Crippen LogP contribution in [-0.2, 0) is 9.53 Å². The molecule has 0 spiro atoms. The van der Waals surface area contributed by atoms with Crippen molar-refractivity contribution in [3.8, 4) is 5.75 Å². The summed E-state index contributed by atoms with van der Waals surface area (Å²) in [6, 6.07) is 6.55. The van der Waals surface area contributed by atoms with E-state index in [1.807, 2.05) is 31.1 Å². The summed E-state index contributed by atoms with van der Waals surface area (Å²) >= 11 is 0. The molecule has 1 unspecified atom stereocenters. The van der Waals surface area contributed by atoms with Crippen molar-refractivity contribution in [1.29, 1.82) is 0 Å². The molecule has 1 atom stereocenters. The quantitative estimate of drug-likeness (QED) is 0.738. The van der Waals surface area contributed by atoms with Crippen molar-refractivity contribution >= 4 is 36.4 Å². The van der Waals surface area contributed by atoms with E-state index in [1.54, 1.807) is 12.1 Å².